The molecular formula is C6H11N3O. The zero-order valence-corrected chi connectivity index (χ0v) is 5.74. The van der Waals surface area contributed by atoms with Gasteiger partial charge in [0, 0.05) is 13.0 Å². The predicted octanol–water partition coefficient (Wildman–Crippen LogP) is -1.26. The number of hydrazine groups is 1. The van der Waals surface area contributed by atoms with Gasteiger partial charge < -0.3 is 5.32 Å². The first-order valence-electron chi connectivity index (χ1n) is 3.58. The number of amides is 1. The minimum Gasteiger partial charge on any atom is -0.315 e. The lowest BCUT2D eigenvalue weighted by atomic mass is 9.97. The van der Waals surface area contributed by atoms with Crippen molar-refractivity contribution in [3.8, 4) is 0 Å². The van der Waals surface area contributed by atoms with E-state index in [4.69, 9.17) is 0 Å². The molecule has 0 radical (unpaired) electrons. The van der Waals surface area contributed by atoms with E-state index in [1.165, 1.54) is 0 Å². The average molecular weight is 141 g/mol. The van der Waals surface area contributed by atoms with Crippen LogP contribution in [-0.4, -0.2) is 24.5 Å². The molecular weight excluding hydrogens is 130 g/mol. The fourth-order valence-electron chi connectivity index (χ4n) is 1.60. The third-order valence-electron chi connectivity index (χ3n) is 2.21. The largest absolute Gasteiger partial charge is 0.315 e. The van der Waals surface area contributed by atoms with Crippen molar-refractivity contribution in [2.75, 3.05) is 13.1 Å². The SMILES string of the molecule is O=C1CC2(CCNC2)NN1. The van der Waals surface area contributed by atoms with Gasteiger partial charge >= 0.3 is 0 Å². The van der Waals surface area contributed by atoms with Crippen molar-refractivity contribution in [1.29, 1.82) is 0 Å². The number of rotatable bonds is 0. The van der Waals surface area contributed by atoms with Crippen LogP contribution in [-0.2, 0) is 4.79 Å². The lowest BCUT2D eigenvalue weighted by Gasteiger charge is -2.18. The maximum atomic E-state index is 10.8. The maximum Gasteiger partial charge on any atom is 0.236 e. The lowest BCUT2D eigenvalue weighted by molar-refractivity contribution is -0.119. The van der Waals surface area contributed by atoms with Crippen LogP contribution in [0.5, 0.6) is 0 Å². The third-order valence-corrected chi connectivity index (χ3v) is 2.21. The molecule has 1 spiro atoms. The molecule has 2 aliphatic rings. The van der Waals surface area contributed by atoms with Crippen LogP contribution in [0, 0.1) is 0 Å². The number of carbonyl (C=O) groups excluding carboxylic acids is 1. The molecule has 56 valence electrons. The predicted molar refractivity (Wildman–Crippen MR) is 36.1 cm³/mol. The molecule has 2 rings (SSSR count). The Balaban J connectivity index is 2.09. The van der Waals surface area contributed by atoms with Gasteiger partial charge in [-0.05, 0) is 13.0 Å². The van der Waals surface area contributed by atoms with Crippen molar-refractivity contribution in [2.45, 2.75) is 18.4 Å². The zero-order valence-electron chi connectivity index (χ0n) is 5.74. The van der Waals surface area contributed by atoms with Gasteiger partial charge in [-0.2, -0.15) is 0 Å². The van der Waals surface area contributed by atoms with Gasteiger partial charge in [-0.3, -0.25) is 10.2 Å². The van der Waals surface area contributed by atoms with Crippen LogP contribution in [0.15, 0.2) is 0 Å². The summed E-state index contributed by atoms with van der Waals surface area (Å²) in [5.41, 5.74) is 5.68. The molecule has 1 unspecified atom stereocenters. The Morgan fingerprint density at radius 1 is 1.50 bits per heavy atom. The number of hydrogen-bond acceptors (Lipinski definition) is 3. The summed E-state index contributed by atoms with van der Waals surface area (Å²) < 4.78 is 0. The van der Waals surface area contributed by atoms with Gasteiger partial charge in [0.1, 0.15) is 0 Å². The van der Waals surface area contributed by atoms with Crippen molar-refractivity contribution < 1.29 is 4.79 Å². The van der Waals surface area contributed by atoms with Crippen LogP contribution in [0.25, 0.3) is 0 Å². The van der Waals surface area contributed by atoms with Gasteiger partial charge in [0.05, 0.1) is 5.54 Å². The average Bonchev–Trinajstić information content (AvgIpc) is 2.46. The number of hydrogen-bond donors (Lipinski definition) is 3. The van der Waals surface area contributed by atoms with Crippen LogP contribution in [0.2, 0.25) is 0 Å². The monoisotopic (exact) mass is 141 g/mol. The maximum absolute atomic E-state index is 10.8. The zero-order chi connectivity index (χ0) is 7.03. The molecule has 0 bridgehead atoms. The third kappa shape index (κ3) is 0.803. The summed E-state index contributed by atoms with van der Waals surface area (Å²) >= 11 is 0. The fraction of sp³-hybridized carbons (Fsp3) is 0.833. The van der Waals surface area contributed by atoms with E-state index in [2.05, 4.69) is 16.2 Å². The van der Waals surface area contributed by atoms with Crippen LogP contribution in [0.3, 0.4) is 0 Å². The molecule has 0 saturated carbocycles. The Labute approximate surface area is 59.3 Å². The molecule has 4 nitrogen and oxygen atoms in total. The standard InChI is InChI=1S/C6H11N3O/c10-5-3-6(9-8-5)1-2-7-4-6/h7,9H,1-4H2,(H,8,10). The van der Waals surface area contributed by atoms with E-state index in [1.807, 2.05) is 0 Å². The van der Waals surface area contributed by atoms with E-state index in [1.54, 1.807) is 0 Å². The van der Waals surface area contributed by atoms with Gasteiger partial charge in [-0.15, -0.1) is 0 Å². The lowest BCUT2D eigenvalue weighted by Crippen LogP contribution is -2.45. The van der Waals surface area contributed by atoms with Crippen LogP contribution in [0.4, 0.5) is 0 Å². The second-order valence-corrected chi connectivity index (χ2v) is 3.06. The molecule has 2 aliphatic heterocycles. The molecule has 1 amide bonds. The van der Waals surface area contributed by atoms with Crippen molar-refractivity contribution in [3.05, 3.63) is 0 Å². The normalized spacial score (nSPS) is 39.0. The summed E-state index contributed by atoms with van der Waals surface area (Å²) in [6.07, 6.45) is 1.67. The molecule has 0 aliphatic carbocycles. The summed E-state index contributed by atoms with van der Waals surface area (Å²) in [7, 11) is 0. The summed E-state index contributed by atoms with van der Waals surface area (Å²) in [6.45, 7) is 1.92. The van der Waals surface area contributed by atoms with E-state index in [0.29, 0.717) is 6.42 Å². The van der Waals surface area contributed by atoms with Crippen molar-refractivity contribution in [1.82, 2.24) is 16.2 Å². The van der Waals surface area contributed by atoms with Gasteiger partial charge in [-0.1, -0.05) is 0 Å². The Morgan fingerprint density at radius 2 is 2.40 bits per heavy atom. The van der Waals surface area contributed by atoms with E-state index in [0.717, 1.165) is 19.5 Å². The first-order chi connectivity index (χ1) is 4.81. The molecule has 10 heavy (non-hydrogen) atoms. The van der Waals surface area contributed by atoms with Crippen LogP contribution >= 0.6 is 0 Å². The number of nitrogens with one attached hydrogen (secondary N) is 3. The van der Waals surface area contributed by atoms with Crippen molar-refractivity contribution in [3.63, 3.8) is 0 Å². The second kappa shape index (κ2) is 1.93. The summed E-state index contributed by atoms with van der Waals surface area (Å²) in [4.78, 5) is 10.8. The topological polar surface area (TPSA) is 53.2 Å². The first-order valence-corrected chi connectivity index (χ1v) is 3.58. The van der Waals surface area contributed by atoms with Crippen LogP contribution < -0.4 is 16.2 Å². The highest BCUT2D eigenvalue weighted by atomic mass is 16.2. The summed E-state index contributed by atoms with van der Waals surface area (Å²) in [5, 5.41) is 3.22. The minimum atomic E-state index is 0.0388. The molecule has 2 saturated heterocycles. The molecule has 2 heterocycles. The van der Waals surface area contributed by atoms with Gasteiger partial charge in [0.2, 0.25) is 5.91 Å². The Kier molecular flexibility index (Phi) is 1.18. The van der Waals surface area contributed by atoms with E-state index in [-0.39, 0.29) is 11.4 Å². The van der Waals surface area contributed by atoms with E-state index < -0.39 is 0 Å². The molecule has 0 aromatic carbocycles. The first kappa shape index (κ1) is 6.12. The molecule has 0 aromatic rings. The van der Waals surface area contributed by atoms with Crippen molar-refractivity contribution >= 4 is 5.91 Å². The van der Waals surface area contributed by atoms with E-state index in [9.17, 15) is 4.79 Å². The van der Waals surface area contributed by atoms with Gasteiger partial charge in [-0.25, -0.2) is 5.43 Å². The quantitative estimate of drug-likeness (QED) is 0.395. The highest BCUT2D eigenvalue weighted by Crippen LogP contribution is 2.21. The molecule has 4 heteroatoms. The highest BCUT2D eigenvalue weighted by Gasteiger charge is 2.40. The Hall–Kier alpha value is -0.610. The highest BCUT2D eigenvalue weighted by molar-refractivity contribution is 5.79. The summed E-state index contributed by atoms with van der Waals surface area (Å²) in [6, 6.07) is 0. The fourth-order valence-corrected chi connectivity index (χ4v) is 1.60. The molecule has 1 atom stereocenters. The molecule has 2 fully saturated rings. The van der Waals surface area contributed by atoms with Gasteiger partial charge in [0.25, 0.3) is 0 Å². The molecule has 0 aromatic heterocycles. The Morgan fingerprint density at radius 3 is 2.90 bits per heavy atom. The molecule has 3 N–H and O–H groups in total. The minimum absolute atomic E-state index is 0.0388. The van der Waals surface area contributed by atoms with E-state index >= 15 is 0 Å². The van der Waals surface area contributed by atoms with Crippen molar-refractivity contribution in [2.24, 2.45) is 0 Å². The smallest absolute Gasteiger partial charge is 0.236 e. The Bertz CT molecular complexity index is 162. The second-order valence-electron chi connectivity index (χ2n) is 3.06. The summed E-state index contributed by atoms with van der Waals surface area (Å²) in [5.74, 6) is 0.115. The van der Waals surface area contributed by atoms with Gasteiger partial charge in [0.15, 0.2) is 0 Å². The number of carbonyl (C=O) groups is 1. The van der Waals surface area contributed by atoms with Crippen LogP contribution in [0.1, 0.15) is 12.8 Å².